The number of rotatable bonds is 2. The van der Waals surface area contributed by atoms with Gasteiger partial charge in [0.05, 0.1) is 13.5 Å². The van der Waals surface area contributed by atoms with Gasteiger partial charge in [0.25, 0.3) is 0 Å². The summed E-state index contributed by atoms with van der Waals surface area (Å²) < 4.78 is 14.5. The third-order valence-corrected chi connectivity index (χ3v) is 4.97. The molecule has 1 aromatic carbocycles. The van der Waals surface area contributed by atoms with Crippen LogP contribution in [0.4, 0.5) is 4.39 Å². The summed E-state index contributed by atoms with van der Waals surface area (Å²) in [6.45, 7) is 1.94. The quantitative estimate of drug-likeness (QED) is 0.582. The molecule has 2 rings (SSSR count). The molecule has 0 N–H and O–H groups in total. The van der Waals surface area contributed by atoms with Crippen LogP contribution < -0.4 is 0 Å². The molecular formula is C12H8BrCl2FS. The molecule has 17 heavy (non-hydrogen) atoms. The lowest BCUT2D eigenvalue weighted by Crippen LogP contribution is -1.96. The Balaban J connectivity index is 2.46. The molecule has 0 saturated carbocycles. The summed E-state index contributed by atoms with van der Waals surface area (Å²) in [7, 11) is 0. The van der Waals surface area contributed by atoms with Gasteiger partial charge in [-0.1, -0.05) is 45.2 Å². The Hall–Kier alpha value is -0.0900. The molecule has 0 aliphatic rings. The molecule has 1 heterocycles. The van der Waals surface area contributed by atoms with Crippen molar-refractivity contribution in [2.24, 2.45) is 0 Å². The van der Waals surface area contributed by atoms with Crippen LogP contribution in [0.1, 0.15) is 21.5 Å². The van der Waals surface area contributed by atoms with Gasteiger partial charge >= 0.3 is 0 Å². The van der Waals surface area contributed by atoms with E-state index < -0.39 is 0 Å². The molecule has 0 amide bonds. The van der Waals surface area contributed by atoms with Crippen molar-refractivity contribution in [2.45, 2.75) is 11.8 Å². The molecule has 90 valence electrons. The first-order chi connectivity index (χ1) is 7.99. The number of alkyl halides is 1. The molecule has 1 unspecified atom stereocenters. The number of benzene rings is 1. The molecular weight excluding hydrogens is 346 g/mol. The highest BCUT2D eigenvalue weighted by Crippen LogP contribution is 2.42. The van der Waals surface area contributed by atoms with Crippen molar-refractivity contribution in [3.05, 3.63) is 55.4 Å². The van der Waals surface area contributed by atoms with Crippen molar-refractivity contribution in [1.82, 2.24) is 0 Å². The van der Waals surface area contributed by atoms with Gasteiger partial charge in [0.15, 0.2) is 0 Å². The average Bonchev–Trinajstić information content (AvgIpc) is 2.60. The van der Waals surface area contributed by atoms with Gasteiger partial charge in [-0.3, -0.25) is 0 Å². The maximum Gasteiger partial charge on any atom is 0.123 e. The fourth-order valence-corrected chi connectivity index (χ4v) is 4.25. The molecule has 5 heteroatoms. The van der Waals surface area contributed by atoms with E-state index in [1.54, 1.807) is 12.1 Å². The van der Waals surface area contributed by atoms with E-state index >= 15 is 0 Å². The number of aryl methyl sites for hydroxylation is 1. The van der Waals surface area contributed by atoms with E-state index in [0.717, 1.165) is 16.7 Å². The Labute approximate surface area is 121 Å². The van der Waals surface area contributed by atoms with Crippen LogP contribution in [0.5, 0.6) is 0 Å². The standard InChI is InChI=1S/C12H8BrCl2FS/c1-6-2-3-7(16)4-8(6)11(13)9-5-10(14)17-12(9)15/h2-5,11H,1H3. The SMILES string of the molecule is Cc1ccc(F)cc1C(Br)c1cc(Cl)sc1Cl. The highest BCUT2D eigenvalue weighted by Gasteiger charge is 2.18. The van der Waals surface area contributed by atoms with Gasteiger partial charge in [0.1, 0.15) is 5.82 Å². The Morgan fingerprint density at radius 2 is 1.94 bits per heavy atom. The van der Waals surface area contributed by atoms with E-state index in [1.165, 1.54) is 23.5 Å². The predicted octanol–water partition coefficient (Wildman–Crippen LogP) is 5.99. The van der Waals surface area contributed by atoms with E-state index in [9.17, 15) is 4.39 Å². The third-order valence-electron chi connectivity index (χ3n) is 2.47. The lowest BCUT2D eigenvalue weighted by molar-refractivity contribution is 0.625. The van der Waals surface area contributed by atoms with E-state index in [0.29, 0.717) is 8.67 Å². The van der Waals surface area contributed by atoms with Gasteiger partial charge < -0.3 is 0 Å². The summed E-state index contributed by atoms with van der Waals surface area (Å²) in [6, 6.07) is 6.51. The second-order valence-corrected chi connectivity index (χ2v) is 6.84. The van der Waals surface area contributed by atoms with E-state index in [-0.39, 0.29) is 10.6 Å². The molecule has 0 radical (unpaired) electrons. The highest BCUT2D eigenvalue weighted by atomic mass is 79.9. The maximum absolute atomic E-state index is 13.3. The first-order valence-electron chi connectivity index (χ1n) is 4.84. The molecule has 0 nitrogen and oxygen atoms in total. The predicted molar refractivity (Wildman–Crippen MR) is 76.2 cm³/mol. The smallest absolute Gasteiger partial charge is 0.123 e. The molecule has 0 fully saturated rings. The minimum absolute atomic E-state index is 0.144. The molecule has 1 atom stereocenters. The van der Waals surface area contributed by atoms with E-state index in [4.69, 9.17) is 23.2 Å². The van der Waals surface area contributed by atoms with Gasteiger partial charge in [0.2, 0.25) is 0 Å². The lowest BCUT2D eigenvalue weighted by atomic mass is 10.0. The van der Waals surface area contributed by atoms with Crippen molar-refractivity contribution >= 4 is 50.5 Å². The zero-order valence-corrected chi connectivity index (χ0v) is 12.7. The monoisotopic (exact) mass is 352 g/mol. The van der Waals surface area contributed by atoms with Gasteiger partial charge in [-0.15, -0.1) is 11.3 Å². The minimum atomic E-state index is -0.257. The fraction of sp³-hybridized carbons (Fsp3) is 0.167. The van der Waals surface area contributed by atoms with Crippen LogP contribution in [0.25, 0.3) is 0 Å². The van der Waals surface area contributed by atoms with Crippen molar-refractivity contribution in [3.8, 4) is 0 Å². The van der Waals surface area contributed by atoms with Crippen LogP contribution in [0.3, 0.4) is 0 Å². The minimum Gasteiger partial charge on any atom is -0.207 e. The lowest BCUT2D eigenvalue weighted by Gasteiger charge is -2.12. The van der Waals surface area contributed by atoms with Crippen LogP contribution in [0, 0.1) is 12.7 Å². The van der Waals surface area contributed by atoms with Crippen molar-refractivity contribution in [3.63, 3.8) is 0 Å². The zero-order valence-electron chi connectivity index (χ0n) is 8.81. The summed E-state index contributed by atoms with van der Waals surface area (Å²) in [6.07, 6.45) is 0. The largest absolute Gasteiger partial charge is 0.207 e. The fourth-order valence-electron chi connectivity index (χ4n) is 1.58. The summed E-state index contributed by atoms with van der Waals surface area (Å²) in [5.41, 5.74) is 2.74. The van der Waals surface area contributed by atoms with Gasteiger partial charge in [-0.25, -0.2) is 4.39 Å². The first-order valence-corrected chi connectivity index (χ1v) is 7.32. The van der Waals surface area contributed by atoms with Crippen LogP contribution >= 0.6 is 50.5 Å². The van der Waals surface area contributed by atoms with Gasteiger partial charge in [-0.2, -0.15) is 0 Å². The number of thiophene rings is 1. The Bertz CT molecular complexity index is 553. The van der Waals surface area contributed by atoms with Crippen molar-refractivity contribution < 1.29 is 4.39 Å². The van der Waals surface area contributed by atoms with E-state index in [1.807, 2.05) is 6.92 Å². The van der Waals surface area contributed by atoms with Crippen LogP contribution in [-0.2, 0) is 0 Å². The first kappa shape index (κ1) is 13.3. The van der Waals surface area contributed by atoms with E-state index in [2.05, 4.69) is 15.9 Å². The summed E-state index contributed by atoms with van der Waals surface area (Å²) >= 11 is 16.8. The maximum atomic E-state index is 13.3. The third kappa shape index (κ3) is 2.84. The molecule has 1 aromatic heterocycles. The second kappa shape index (κ2) is 5.27. The zero-order chi connectivity index (χ0) is 12.6. The topological polar surface area (TPSA) is 0 Å². The second-order valence-electron chi connectivity index (χ2n) is 3.64. The van der Waals surface area contributed by atoms with Crippen molar-refractivity contribution in [2.75, 3.05) is 0 Å². The Morgan fingerprint density at radius 3 is 2.53 bits per heavy atom. The molecule has 2 aromatic rings. The van der Waals surface area contributed by atoms with Crippen LogP contribution in [-0.4, -0.2) is 0 Å². The average molecular weight is 354 g/mol. The normalized spacial score (nSPS) is 12.8. The summed E-state index contributed by atoms with van der Waals surface area (Å²) in [5, 5.41) is 0. The van der Waals surface area contributed by atoms with Crippen LogP contribution in [0.15, 0.2) is 24.3 Å². The molecule has 0 aliphatic heterocycles. The molecule has 0 aliphatic carbocycles. The highest BCUT2D eigenvalue weighted by molar-refractivity contribution is 9.09. The molecule has 0 spiro atoms. The van der Waals surface area contributed by atoms with Gasteiger partial charge in [-0.05, 0) is 36.2 Å². The Morgan fingerprint density at radius 1 is 1.24 bits per heavy atom. The molecule has 0 saturated heterocycles. The Kier molecular flexibility index (Phi) is 4.14. The van der Waals surface area contributed by atoms with Crippen molar-refractivity contribution in [1.29, 1.82) is 0 Å². The number of hydrogen-bond acceptors (Lipinski definition) is 1. The summed E-state index contributed by atoms with van der Waals surface area (Å²) in [4.78, 5) is -0.144. The number of hydrogen-bond donors (Lipinski definition) is 0. The van der Waals surface area contributed by atoms with Gasteiger partial charge in [0, 0.05) is 5.56 Å². The number of halogens is 4. The molecule has 0 bridgehead atoms. The van der Waals surface area contributed by atoms with Crippen LogP contribution in [0.2, 0.25) is 8.67 Å². The summed E-state index contributed by atoms with van der Waals surface area (Å²) in [5.74, 6) is -0.257.